The van der Waals surface area contributed by atoms with Crippen molar-refractivity contribution in [1.82, 2.24) is 20.2 Å². The molecular weight excluding hydrogens is 332 g/mol. The van der Waals surface area contributed by atoms with E-state index < -0.39 is 17.6 Å². The predicted octanol–water partition coefficient (Wildman–Crippen LogP) is 1.58. The van der Waals surface area contributed by atoms with Gasteiger partial charge in [-0.3, -0.25) is 4.79 Å². The molecule has 1 amide bonds. The normalized spacial score (nSPS) is 20.7. The van der Waals surface area contributed by atoms with Crippen molar-refractivity contribution in [3.8, 4) is 0 Å². The number of aromatic nitrogens is 2. The minimum absolute atomic E-state index is 0.175. The van der Waals surface area contributed by atoms with Crippen molar-refractivity contribution in [3.05, 3.63) is 54.1 Å². The molecule has 1 fully saturated rings. The largest absolute Gasteiger partial charge is 0.480 e. The van der Waals surface area contributed by atoms with E-state index in [9.17, 15) is 14.7 Å². The van der Waals surface area contributed by atoms with Crippen LogP contribution in [0.5, 0.6) is 0 Å². The van der Waals surface area contributed by atoms with Gasteiger partial charge in [0.15, 0.2) is 0 Å². The molecule has 7 heteroatoms. The van der Waals surface area contributed by atoms with Crippen molar-refractivity contribution in [1.29, 1.82) is 0 Å². The van der Waals surface area contributed by atoms with Gasteiger partial charge in [0.1, 0.15) is 6.04 Å². The summed E-state index contributed by atoms with van der Waals surface area (Å²) in [7, 11) is 0. The zero-order valence-corrected chi connectivity index (χ0v) is 14.8. The van der Waals surface area contributed by atoms with E-state index in [1.807, 2.05) is 37.3 Å². The third-order valence-electron chi connectivity index (χ3n) is 4.93. The van der Waals surface area contributed by atoms with E-state index in [0.717, 1.165) is 18.5 Å². The quantitative estimate of drug-likeness (QED) is 0.700. The molecule has 3 rings (SSSR count). The lowest BCUT2D eigenvalue weighted by atomic mass is 9.96. The van der Waals surface area contributed by atoms with Crippen LogP contribution in [-0.4, -0.2) is 50.0 Å². The number of benzene rings is 1. The molecule has 2 aromatic rings. The summed E-state index contributed by atoms with van der Waals surface area (Å²) in [5, 5.41) is 13.1. The molecule has 1 aromatic heterocycles. The van der Waals surface area contributed by atoms with Gasteiger partial charge in [-0.05, 0) is 31.9 Å². The predicted molar refractivity (Wildman–Crippen MR) is 96.3 cm³/mol. The lowest BCUT2D eigenvalue weighted by Gasteiger charge is -2.35. The Morgan fingerprint density at radius 3 is 2.69 bits per heavy atom. The third-order valence-corrected chi connectivity index (χ3v) is 4.93. The van der Waals surface area contributed by atoms with Gasteiger partial charge in [-0.2, -0.15) is 0 Å². The highest BCUT2D eigenvalue weighted by Crippen LogP contribution is 2.25. The minimum atomic E-state index is -1.02. The zero-order chi connectivity index (χ0) is 18.6. The number of rotatable bonds is 7. The number of imidazole rings is 1. The molecule has 1 aromatic carbocycles. The molecule has 0 bridgehead atoms. The van der Waals surface area contributed by atoms with Gasteiger partial charge in [0, 0.05) is 24.9 Å². The van der Waals surface area contributed by atoms with Gasteiger partial charge in [0.2, 0.25) is 5.91 Å². The summed E-state index contributed by atoms with van der Waals surface area (Å²) in [5.41, 5.74) is 0.863. The molecule has 26 heavy (non-hydrogen) atoms. The first-order chi connectivity index (χ1) is 12.5. The number of carbonyl (C=O) groups is 2. The summed E-state index contributed by atoms with van der Waals surface area (Å²) >= 11 is 0. The maximum Gasteiger partial charge on any atom is 0.326 e. The van der Waals surface area contributed by atoms with Crippen molar-refractivity contribution >= 4 is 11.9 Å². The van der Waals surface area contributed by atoms with Crippen molar-refractivity contribution in [2.45, 2.75) is 44.3 Å². The van der Waals surface area contributed by atoms with E-state index in [1.54, 1.807) is 6.20 Å². The van der Waals surface area contributed by atoms with Crippen molar-refractivity contribution < 1.29 is 14.7 Å². The van der Waals surface area contributed by atoms with E-state index in [0.29, 0.717) is 12.1 Å². The summed E-state index contributed by atoms with van der Waals surface area (Å²) in [6.07, 6.45) is 4.89. The summed E-state index contributed by atoms with van der Waals surface area (Å²) in [4.78, 5) is 33.7. The van der Waals surface area contributed by atoms with E-state index in [2.05, 4.69) is 15.3 Å². The second-order valence-electron chi connectivity index (χ2n) is 6.92. The molecule has 138 valence electrons. The average molecular weight is 356 g/mol. The standard InChI is InChI=1S/C19H24N4O3/c1-19(8-5-9-22-19)18(26)23(12-14-6-3-2-4-7-14)16(17(24)25)10-15-11-20-13-21-15/h2-4,6-7,11,13,16,22H,5,8-10,12H2,1H3,(H,20,21)(H,24,25)/t16?,19-/m0/s1. The Morgan fingerprint density at radius 1 is 1.35 bits per heavy atom. The molecule has 3 N–H and O–H groups in total. The zero-order valence-electron chi connectivity index (χ0n) is 14.8. The molecule has 0 spiro atoms. The first kappa shape index (κ1) is 18.1. The van der Waals surface area contributed by atoms with Gasteiger partial charge in [0.05, 0.1) is 11.9 Å². The Bertz CT molecular complexity index is 739. The highest BCUT2D eigenvalue weighted by molar-refractivity contribution is 5.90. The highest BCUT2D eigenvalue weighted by Gasteiger charge is 2.42. The highest BCUT2D eigenvalue weighted by atomic mass is 16.4. The van der Waals surface area contributed by atoms with Crippen LogP contribution in [-0.2, 0) is 22.6 Å². The van der Waals surface area contributed by atoms with Crippen molar-refractivity contribution in [2.24, 2.45) is 0 Å². The van der Waals surface area contributed by atoms with Gasteiger partial charge >= 0.3 is 5.97 Å². The number of aromatic amines is 1. The summed E-state index contributed by atoms with van der Waals surface area (Å²) < 4.78 is 0. The van der Waals surface area contributed by atoms with Crippen LogP contribution in [0.4, 0.5) is 0 Å². The molecule has 1 aliphatic rings. The second kappa shape index (κ2) is 7.70. The van der Waals surface area contributed by atoms with E-state index in [-0.39, 0.29) is 18.9 Å². The van der Waals surface area contributed by atoms with Crippen LogP contribution >= 0.6 is 0 Å². The molecule has 0 radical (unpaired) electrons. The first-order valence-electron chi connectivity index (χ1n) is 8.80. The van der Waals surface area contributed by atoms with Gasteiger partial charge in [0.25, 0.3) is 0 Å². The third kappa shape index (κ3) is 3.94. The molecule has 1 saturated heterocycles. The maximum absolute atomic E-state index is 13.3. The molecule has 7 nitrogen and oxygen atoms in total. The van der Waals surface area contributed by atoms with Crippen LogP contribution in [0.2, 0.25) is 0 Å². The fraction of sp³-hybridized carbons (Fsp3) is 0.421. The molecule has 0 saturated carbocycles. The summed E-state index contributed by atoms with van der Waals surface area (Å²) in [6, 6.07) is 8.51. The Kier molecular flexibility index (Phi) is 5.37. The first-order valence-corrected chi connectivity index (χ1v) is 8.80. The number of hydrogen-bond donors (Lipinski definition) is 3. The number of carbonyl (C=O) groups excluding carboxylic acids is 1. The number of H-pyrrole nitrogens is 1. The van der Waals surface area contributed by atoms with Gasteiger partial charge < -0.3 is 20.3 Å². The van der Waals surface area contributed by atoms with Gasteiger partial charge in [-0.15, -0.1) is 0 Å². The molecular formula is C19H24N4O3. The van der Waals surface area contributed by atoms with Crippen LogP contribution in [0.3, 0.4) is 0 Å². The second-order valence-corrected chi connectivity index (χ2v) is 6.92. The lowest BCUT2D eigenvalue weighted by Crippen LogP contribution is -2.57. The number of nitrogens with zero attached hydrogens (tertiary/aromatic N) is 2. The smallest absolute Gasteiger partial charge is 0.326 e. The van der Waals surface area contributed by atoms with Gasteiger partial charge in [-0.25, -0.2) is 9.78 Å². The number of carboxylic acids is 1. The van der Waals surface area contributed by atoms with Gasteiger partial charge in [-0.1, -0.05) is 30.3 Å². The molecule has 2 atom stereocenters. The topological polar surface area (TPSA) is 98.3 Å². The SMILES string of the molecule is C[C@@]1(C(=O)N(Cc2ccccc2)C(Cc2cnc[nH]2)C(=O)O)CCCN1. The average Bonchev–Trinajstić information content (AvgIpc) is 3.30. The Morgan fingerprint density at radius 2 is 2.12 bits per heavy atom. The summed E-state index contributed by atoms with van der Waals surface area (Å²) in [6.45, 7) is 2.87. The molecule has 1 unspecified atom stereocenters. The lowest BCUT2D eigenvalue weighted by molar-refractivity contribution is -0.153. The van der Waals surface area contributed by atoms with Crippen LogP contribution in [0, 0.1) is 0 Å². The maximum atomic E-state index is 13.3. The van der Waals surface area contributed by atoms with Crippen LogP contribution in [0.1, 0.15) is 31.0 Å². The Hall–Kier alpha value is -2.67. The van der Waals surface area contributed by atoms with E-state index in [4.69, 9.17) is 0 Å². The molecule has 1 aliphatic heterocycles. The number of amides is 1. The number of nitrogens with one attached hydrogen (secondary N) is 2. The summed E-state index contributed by atoms with van der Waals surface area (Å²) in [5.74, 6) is -1.20. The Labute approximate surface area is 152 Å². The molecule has 2 heterocycles. The Balaban J connectivity index is 1.91. The van der Waals surface area contributed by atoms with Crippen LogP contribution in [0.25, 0.3) is 0 Å². The fourth-order valence-corrected chi connectivity index (χ4v) is 3.43. The minimum Gasteiger partial charge on any atom is -0.480 e. The van der Waals surface area contributed by atoms with Crippen LogP contribution in [0.15, 0.2) is 42.9 Å². The van der Waals surface area contributed by atoms with Crippen molar-refractivity contribution in [3.63, 3.8) is 0 Å². The molecule has 0 aliphatic carbocycles. The van der Waals surface area contributed by atoms with Crippen molar-refractivity contribution in [2.75, 3.05) is 6.54 Å². The number of carboxylic acid groups (broad SMARTS) is 1. The van der Waals surface area contributed by atoms with Crippen LogP contribution < -0.4 is 5.32 Å². The van der Waals surface area contributed by atoms with E-state index in [1.165, 1.54) is 11.2 Å². The fourth-order valence-electron chi connectivity index (χ4n) is 3.43. The monoisotopic (exact) mass is 356 g/mol. The number of aliphatic carboxylic acids is 1. The number of hydrogen-bond acceptors (Lipinski definition) is 4. The van der Waals surface area contributed by atoms with E-state index >= 15 is 0 Å².